The smallest absolute Gasteiger partial charge is 0.264 e. The van der Waals surface area contributed by atoms with E-state index in [1.807, 2.05) is 76.5 Å². The third kappa shape index (κ3) is 5.94. The number of nitrogens with one attached hydrogen (secondary N) is 1. The summed E-state index contributed by atoms with van der Waals surface area (Å²) in [6.45, 7) is 9.11. The maximum absolute atomic E-state index is 15.3. The molecule has 0 radical (unpaired) electrons. The molecule has 0 aliphatic carbocycles. The fraction of sp³-hybridized carbons (Fsp3) is 0.409. The van der Waals surface area contributed by atoms with Crippen molar-refractivity contribution in [2.24, 2.45) is 5.92 Å². The summed E-state index contributed by atoms with van der Waals surface area (Å²) in [6, 6.07) is 32.4. The second-order valence-corrected chi connectivity index (χ2v) is 20.7. The molecule has 2 spiro atoms. The van der Waals surface area contributed by atoms with Gasteiger partial charge in [-0.15, -0.1) is 0 Å². The highest BCUT2D eigenvalue weighted by Crippen LogP contribution is 2.60. The number of carbonyl (C=O) groups is 2. The molecule has 8 rings (SSSR count). The fourth-order valence-electron chi connectivity index (χ4n) is 10.1. The number of para-hydroxylation sites is 1. The van der Waals surface area contributed by atoms with Gasteiger partial charge in [0.25, 0.3) is 11.8 Å². The summed E-state index contributed by atoms with van der Waals surface area (Å²) in [5, 5.41) is 15.0. The van der Waals surface area contributed by atoms with Crippen molar-refractivity contribution in [3.8, 4) is 11.5 Å². The van der Waals surface area contributed by atoms with Crippen LogP contribution in [0.15, 0.2) is 97.1 Å². The molecule has 3 fully saturated rings. The van der Waals surface area contributed by atoms with Gasteiger partial charge in [0.2, 0.25) is 0 Å². The SMILES string of the molecule is COc1ccc([Si](C)(C)[C@@H]2[C@@H](CCO)O[C@]3(C(=O)N(Cc4cccc(N5CN(c6ccccc6)C6(CCNCC6)C5=O)c4)c4ccc(OC)cc43)[C@H]2C)cc1. The molecule has 55 heavy (non-hydrogen) atoms. The molecule has 2 amide bonds. The molecule has 0 aromatic heterocycles. The van der Waals surface area contributed by atoms with Crippen LogP contribution in [0.25, 0.3) is 0 Å². The van der Waals surface area contributed by atoms with E-state index in [4.69, 9.17) is 14.2 Å². The first-order valence-corrected chi connectivity index (χ1v) is 22.5. The topological polar surface area (TPSA) is 104 Å². The number of nitrogens with zero attached hydrogens (tertiary/aromatic N) is 3. The molecule has 2 N–H and O–H groups in total. The van der Waals surface area contributed by atoms with Crippen LogP contribution in [0.3, 0.4) is 0 Å². The summed E-state index contributed by atoms with van der Waals surface area (Å²) in [5.74, 6) is 1.26. The van der Waals surface area contributed by atoms with E-state index < -0.39 is 19.2 Å². The lowest BCUT2D eigenvalue weighted by Crippen LogP contribution is -2.55. The number of methoxy groups -OCH3 is 2. The second kappa shape index (κ2) is 14.4. The number of piperidine rings is 1. The minimum absolute atomic E-state index is 0.0235. The Morgan fingerprint density at radius 1 is 0.855 bits per heavy atom. The number of carbonyl (C=O) groups excluding carboxylic acids is 2. The molecule has 0 bridgehead atoms. The first-order chi connectivity index (χ1) is 26.6. The number of hydrogen-bond donors (Lipinski definition) is 2. The van der Waals surface area contributed by atoms with E-state index in [-0.39, 0.29) is 36.0 Å². The van der Waals surface area contributed by atoms with Crippen molar-refractivity contribution in [2.75, 3.05) is 55.3 Å². The Kier molecular flexibility index (Phi) is 9.77. The van der Waals surface area contributed by atoms with Crippen LogP contribution in [-0.4, -0.2) is 77.2 Å². The number of aliphatic hydroxyl groups excluding tert-OH is 1. The molecular formula is C44H52N4O6Si. The molecule has 4 heterocycles. The van der Waals surface area contributed by atoms with Crippen LogP contribution in [0.2, 0.25) is 18.6 Å². The van der Waals surface area contributed by atoms with Gasteiger partial charge in [-0.05, 0) is 98.1 Å². The zero-order valence-corrected chi connectivity index (χ0v) is 33.5. The van der Waals surface area contributed by atoms with Gasteiger partial charge in [0.15, 0.2) is 5.60 Å². The van der Waals surface area contributed by atoms with Gasteiger partial charge in [-0.1, -0.05) is 67.7 Å². The highest BCUT2D eigenvalue weighted by molar-refractivity contribution is 6.91. The molecule has 4 aliphatic rings. The summed E-state index contributed by atoms with van der Waals surface area (Å²) in [4.78, 5) is 35.8. The highest BCUT2D eigenvalue weighted by Gasteiger charge is 2.66. The van der Waals surface area contributed by atoms with Gasteiger partial charge in [-0.3, -0.25) is 14.5 Å². The van der Waals surface area contributed by atoms with E-state index >= 15 is 4.79 Å². The number of ether oxygens (including phenoxy) is 3. The van der Waals surface area contributed by atoms with Crippen LogP contribution in [-0.2, 0) is 26.5 Å². The van der Waals surface area contributed by atoms with E-state index in [9.17, 15) is 9.90 Å². The molecule has 0 unspecified atom stereocenters. The van der Waals surface area contributed by atoms with E-state index in [1.54, 1.807) is 14.2 Å². The average molecular weight is 761 g/mol. The standard InChI is InChI=1S/C44H52N4O6Si/c1-30-40(55(4,5)36-17-14-34(52-2)15-18-36)39(20-25-49)54-44(30)37-27-35(53-3)16-19-38(37)46(42(44)51)28-31-10-9-13-33(26-31)47-29-48(32-11-7-6-8-12-32)43(41(47)50)21-23-45-24-22-43/h6-19,26-27,30,39-40,45,49H,20-25,28-29H2,1-5H3/t30-,39+,40-,44+/m0/s1. The highest BCUT2D eigenvalue weighted by atomic mass is 28.3. The normalized spacial score (nSPS) is 24.6. The largest absolute Gasteiger partial charge is 0.497 e. The van der Waals surface area contributed by atoms with Crippen LogP contribution >= 0.6 is 0 Å². The molecule has 3 saturated heterocycles. The van der Waals surface area contributed by atoms with Crippen LogP contribution in [0.1, 0.15) is 37.3 Å². The third-order valence-corrected chi connectivity index (χ3v) is 17.3. The quantitative estimate of drug-likeness (QED) is 0.196. The Bertz CT molecular complexity index is 2050. The predicted molar refractivity (Wildman–Crippen MR) is 218 cm³/mol. The molecule has 0 saturated carbocycles. The van der Waals surface area contributed by atoms with E-state index in [0.717, 1.165) is 59.9 Å². The monoisotopic (exact) mass is 760 g/mol. The van der Waals surface area contributed by atoms with Gasteiger partial charge < -0.3 is 34.4 Å². The fourth-order valence-corrected chi connectivity index (χ4v) is 14.2. The summed E-state index contributed by atoms with van der Waals surface area (Å²) < 4.78 is 18.3. The molecule has 4 aromatic rings. The first-order valence-electron chi connectivity index (χ1n) is 19.5. The van der Waals surface area contributed by atoms with Crippen molar-refractivity contribution >= 4 is 42.1 Å². The minimum atomic E-state index is -2.32. The third-order valence-electron chi connectivity index (χ3n) is 13.0. The number of hydrogen-bond acceptors (Lipinski definition) is 8. The van der Waals surface area contributed by atoms with Crippen molar-refractivity contribution in [1.29, 1.82) is 0 Å². The van der Waals surface area contributed by atoms with Gasteiger partial charge >= 0.3 is 0 Å². The Morgan fingerprint density at radius 3 is 2.24 bits per heavy atom. The molecule has 11 heteroatoms. The molecule has 4 aliphatic heterocycles. The zero-order valence-electron chi connectivity index (χ0n) is 32.5. The Morgan fingerprint density at radius 2 is 1.55 bits per heavy atom. The van der Waals surface area contributed by atoms with Crippen molar-refractivity contribution in [2.45, 2.75) is 68.6 Å². The Hall–Kier alpha value is -4.68. The van der Waals surface area contributed by atoms with Crippen molar-refractivity contribution in [3.05, 3.63) is 108 Å². The van der Waals surface area contributed by atoms with Gasteiger partial charge in [-0.2, -0.15) is 0 Å². The number of fused-ring (bicyclic) bond motifs is 2. The molecule has 288 valence electrons. The summed E-state index contributed by atoms with van der Waals surface area (Å²) in [7, 11) is 0.980. The Labute approximate surface area is 325 Å². The minimum Gasteiger partial charge on any atom is -0.497 e. The Balaban J connectivity index is 1.14. The summed E-state index contributed by atoms with van der Waals surface area (Å²) in [5.41, 5.74) is 2.51. The predicted octanol–water partition coefficient (Wildman–Crippen LogP) is 5.78. The molecule has 4 aromatic carbocycles. The summed E-state index contributed by atoms with van der Waals surface area (Å²) in [6.07, 6.45) is 1.57. The lowest BCUT2D eigenvalue weighted by molar-refractivity contribution is -0.146. The second-order valence-electron chi connectivity index (χ2n) is 16.0. The van der Waals surface area contributed by atoms with Gasteiger partial charge in [0.05, 0.1) is 47.3 Å². The first kappa shape index (κ1) is 37.3. The van der Waals surface area contributed by atoms with Crippen molar-refractivity contribution < 1.29 is 28.9 Å². The average Bonchev–Trinajstić information content (AvgIpc) is 3.76. The van der Waals surface area contributed by atoms with Gasteiger partial charge in [-0.25, -0.2) is 0 Å². The molecule has 4 atom stereocenters. The lowest BCUT2D eigenvalue weighted by Gasteiger charge is -2.39. The van der Waals surface area contributed by atoms with Gasteiger partial charge in [0, 0.05) is 29.5 Å². The lowest BCUT2D eigenvalue weighted by atomic mass is 9.82. The number of rotatable bonds is 10. The van der Waals surface area contributed by atoms with Crippen LogP contribution < -0.4 is 34.7 Å². The zero-order chi connectivity index (χ0) is 38.5. The maximum Gasteiger partial charge on any atom is 0.264 e. The van der Waals surface area contributed by atoms with E-state index in [2.05, 4.69) is 60.6 Å². The maximum atomic E-state index is 15.3. The summed E-state index contributed by atoms with van der Waals surface area (Å²) >= 11 is 0. The molecule has 10 nitrogen and oxygen atoms in total. The number of amides is 2. The number of aliphatic hydroxyl groups is 1. The van der Waals surface area contributed by atoms with Crippen molar-refractivity contribution in [3.63, 3.8) is 0 Å². The van der Waals surface area contributed by atoms with Crippen molar-refractivity contribution in [1.82, 2.24) is 5.32 Å². The molecular weight excluding hydrogens is 709 g/mol. The number of anilines is 3. The van der Waals surface area contributed by atoms with Gasteiger partial charge in [0.1, 0.15) is 17.0 Å². The van der Waals surface area contributed by atoms with Crippen LogP contribution in [0.5, 0.6) is 11.5 Å². The van der Waals surface area contributed by atoms with E-state index in [1.165, 1.54) is 5.19 Å². The van der Waals surface area contributed by atoms with Crippen LogP contribution in [0.4, 0.5) is 17.1 Å². The number of benzene rings is 4. The van der Waals surface area contributed by atoms with Crippen LogP contribution in [0, 0.1) is 5.92 Å². The van der Waals surface area contributed by atoms with E-state index in [0.29, 0.717) is 25.4 Å².